The van der Waals surface area contributed by atoms with Crippen molar-refractivity contribution in [3.63, 3.8) is 0 Å². The van der Waals surface area contributed by atoms with Crippen LogP contribution in [0.25, 0.3) is 10.8 Å². The maximum absolute atomic E-state index is 12.4. The predicted molar refractivity (Wildman–Crippen MR) is 102 cm³/mol. The number of rotatable bonds is 5. The van der Waals surface area contributed by atoms with Crippen LogP contribution in [0.3, 0.4) is 0 Å². The van der Waals surface area contributed by atoms with E-state index in [0.29, 0.717) is 30.8 Å². The number of likely N-dealkylation sites (tertiary alicyclic amines) is 1. The molecular formula is C20H27N3O3. The number of H-pyrrole nitrogens is 1. The van der Waals surface area contributed by atoms with Crippen molar-refractivity contribution >= 4 is 16.7 Å². The van der Waals surface area contributed by atoms with Crippen LogP contribution in [0.1, 0.15) is 33.1 Å². The minimum Gasteiger partial charge on any atom is -0.490 e. The van der Waals surface area contributed by atoms with E-state index < -0.39 is 6.04 Å². The van der Waals surface area contributed by atoms with Crippen LogP contribution in [-0.4, -0.2) is 41.0 Å². The molecule has 6 heteroatoms. The number of hydrogen-bond acceptors (Lipinski definition) is 4. The molecule has 1 amide bonds. The van der Waals surface area contributed by atoms with E-state index in [1.807, 2.05) is 23.1 Å². The molecule has 1 saturated heterocycles. The number of aromatic amines is 1. The molecule has 0 saturated carbocycles. The lowest BCUT2D eigenvalue weighted by Gasteiger charge is -2.34. The number of hydrogen-bond donors (Lipinski definition) is 2. The van der Waals surface area contributed by atoms with Gasteiger partial charge in [0.15, 0.2) is 0 Å². The number of carbonyl (C=O) groups excluding carboxylic acids is 1. The number of amides is 1. The van der Waals surface area contributed by atoms with Gasteiger partial charge in [-0.15, -0.1) is 0 Å². The van der Waals surface area contributed by atoms with E-state index >= 15 is 0 Å². The van der Waals surface area contributed by atoms with E-state index in [4.69, 9.17) is 10.5 Å². The summed E-state index contributed by atoms with van der Waals surface area (Å²) in [5.74, 6) is 1.21. The number of nitrogens with one attached hydrogen (secondary N) is 1. The van der Waals surface area contributed by atoms with Gasteiger partial charge in [0, 0.05) is 37.5 Å². The van der Waals surface area contributed by atoms with Crippen molar-refractivity contribution in [2.75, 3.05) is 13.1 Å². The lowest BCUT2D eigenvalue weighted by Crippen LogP contribution is -2.49. The molecule has 140 valence electrons. The van der Waals surface area contributed by atoms with Gasteiger partial charge in [0.2, 0.25) is 5.91 Å². The van der Waals surface area contributed by atoms with Crippen molar-refractivity contribution in [1.29, 1.82) is 0 Å². The molecule has 2 heterocycles. The Hall–Kier alpha value is -2.34. The minimum absolute atomic E-state index is 0.0436. The molecule has 0 bridgehead atoms. The fourth-order valence-electron chi connectivity index (χ4n) is 3.47. The van der Waals surface area contributed by atoms with Crippen LogP contribution in [0, 0.1) is 5.92 Å². The SMILES string of the molecule is CC(C)C[C@H](N)C(=O)N1CCC(Oc2ccc3c(=O)[nH]ccc3c2)CC1. The molecule has 1 atom stereocenters. The van der Waals surface area contributed by atoms with Crippen LogP contribution in [0.5, 0.6) is 5.75 Å². The predicted octanol–water partition coefficient (Wildman–Crippen LogP) is 2.27. The van der Waals surface area contributed by atoms with Gasteiger partial charge in [-0.25, -0.2) is 0 Å². The lowest BCUT2D eigenvalue weighted by molar-refractivity contribution is -0.134. The van der Waals surface area contributed by atoms with E-state index in [1.54, 1.807) is 12.3 Å². The Morgan fingerprint density at radius 2 is 2.04 bits per heavy atom. The Morgan fingerprint density at radius 1 is 1.31 bits per heavy atom. The molecule has 0 unspecified atom stereocenters. The van der Waals surface area contributed by atoms with Crippen molar-refractivity contribution < 1.29 is 9.53 Å². The molecule has 0 radical (unpaired) electrons. The number of nitrogens with zero attached hydrogens (tertiary/aromatic N) is 1. The molecule has 0 aliphatic carbocycles. The number of nitrogens with two attached hydrogens (primary N) is 1. The van der Waals surface area contributed by atoms with Gasteiger partial charge < -0.3 is 20.4 Å². The van der Waals surface area contributed by atoms with Crippen LogP contribution in [0.2, 0.25) is 0 Å². The van der Waals surface area contributed by atoms with E-state index in [0.717, 1.165) is 24.0 Å². The highest BCUT2D eigenvalue weighted by Gasteiger charge is 2.27. The largest absolute Gasteiger partial charge is 0.490 e. The highest BCUT2D eigenvalue weighted by molar-refractivity contribution is 5.83. The molecular weight excluding hydrogens is 330 g/mol. The zero-order valence-corrected chi connectivity index (χ0v) is 15.4. The second-order valence-corrected chi connectivity index (χ2v) is 7.43. The summed E-state index contributed by atoms with van der Waals surface area (Å²) >= 11 is 0. The van der Waals surface area contributed by atoms with Gasteiger partial charge in [-0.05, 0) is 42.0 Å². The molecule has 1 fully saturated rings. The first-order valence-corrected chi connectivity index (χ1v) is 9.26. The van der Waals surface area contributed by atoms with Gasteiger partial charge in [0.25, 0.3) is 5.56 Å². The topological polar surface area (TPSA) is 88.4 Å². The van der Waals surface area contributed by atoms with Gasteiger partial charge in [-0.3, -0.25) is 9.59 Å². The second-order valence-electron chi connectivity index (χ2n) is 7.43. The smallest absolute Gasteiger partial charge is 0.255 e. The number of aromatic nitrogens is 1. The first kappa shape index (κ1) is 18.5. The Balaban J connectivity index is 1.57. The summed E-state index contributed by atoms with van der Waals surface area (Å²) < 4.78 is 6.07. The normalized spacial score (nSPS) is 16.8. The number of carbonyl (C=O) groups is 1. The van der Waals surface area contributed by atoms with Crippen molar-refractivity contribution in [1.82, 2.24) is 9.88 Å². The number of piperidine rings is 1. The zero-order chi connectivity index (χ0) is 18.7. The summed E-state index contributed by atoms with van der Waals surface area (Å²) in [7, 11) is 0. The summed E-state index contributed by atoms with van der Waals surface area (Å²) in [6.07, 6.45) is 3.99. The van der Waals surface area contributed by atoms with Crippen molar-refractivity contribution in [2.24, 2.45) is 11.7 Å². The summed E-state index contributed by atoms with van der Waals surface area (Å²) in [4.78, 5) is 28.7. The fraction of sp³-hybridized carbons (Fsp3) is 0.500. The monoisotopic (exact) mass is 357 g/mol. The third kappa shape index (κ3) is 4.25. The van der Waals surface area contributed by atoms with Crippen molar-refractivity contribution in [2.45, 2.75) is 45.3 Å². The summed E-state index contributed by atoms with van der Waals surface area (Å²) in [6, 6.07) is 6.95. The molecule has 26 heavy (non-hydrogen) atoms. The maximum Gasteiger partial charge on any atom is 0.255 e. The van der Waals surface area contributed by atoms with Gasteiger partial charge in [-0.1, -0.05) is 13.8 Å². The molecule has 1 aromatic heterocycles. The number of fused-ring (bicyclic) bond motifs is 1. The van der Waals surface area contributed by atoms with Crippen LogP contribution < -0.4 is 16.0 Å². The number of ether oxygens (including phenoxy) is 1. The van der Waals surface area contributed by atoms with E-state index in [9.17, 15) is 9.59 Å². The van der Waals surface area contributed by atoms with Gasteiger partial charge in [-0.2, -0.15) is 0 Å². The first-order chi connectivity index (χ1) is 12.4. The Morgan fingerprint density at radius 3 is 2.73 bits per heavy atom. The third-order valence-electron chi connectivity index (χ3n) is 4.84. The quantitative estimate of drug-likeness (QED) is 0.859. The Kier molecular flexibility index (Phi) is 5.61. The lowest BCUT2D eigenvalue weighted by atomic mass is 10.0. The molecule has 1 aliphatic rings. The average Bonchev–Trinajstić information content (AvgIpc) is 2.61. The second kappa shape index (κ2) is 7.91. The van der Waals surface area contributed by atoms with Crippen LogP contribution in [0.15, 0.2) is 35.3 Å². The Labute approximate surface area is 153 Å². The average molecular weight is 357 g/mol. The van der Waals surface area contributed by atoms with Gasteiger partial charge >= 0.3 is 0 Å². The first-order valence-electron chi connectivity index (χ1n) is 9.26. The molecule has 1 aromatic carbocycles. The standard InChI is InChI=1S/C20H27N3O3/c1-13(2)11-18(21)20(25)23-9-6-15(7-10-23)26-16-3-4-17-14(12-16)5-8-22-19(17)24/h3-5,8,12-13,15,18H,6-7,9-11,21H2,1-2H3,(H,22,24)/t18-/m0/s1. The van der Waals surface area contributed by atoms with Crippen LogP contribution >= 0.6 is 0 Å². The maximum atomic E-state index is 12.4. The van der Waals surface area contributed by atoms with Gasteiger partial charge in [0.1, 0.15) is 11.9 Å². The summed E-state index contributed by atoms with van der Waals surface area (Å²) in [5.41, 5.74) is 5.92. The molecule has 2 aromatic rings. The van der Waals surface area contributed by atoms with E-state index in [1.165, 1.54) is 0 Å². The molecule has 0 spiro atoms. The molecule has 3 N–H and O–H groups in total. The summed E-state index contributed by atoms with van der Waals surface area (Å²) in [5, 5.41) is 1.51. The zero-order valence-electron chi connectivity index (χ0n) is 15.4. The van der Waals surface area contributed by atoms with E-state index in [-0.39, 0.29) is 17.6 Å². The summed E-state index contributed by atoms with van der Waals surface area (Å²) in [6.45, 7) is 5.49. The molecule has 1 aliphatic heterocycles. The minimum atomic E-state index is -0.411. The highest BCUT2D eigenvalue weighted by Crippen LogP contribution is 2.23. The third-order valence-corrected chi connectivity index (χ3v) is 4.84. The van der Waals surface area contributed by atoms with Crippen LogP contribution in [0.4, 0.5) is 0 Å². The van der Waals surface area contributed by atoms with Crippen LogP contribution in [-0.2, 0) is 4.79 Å². The highest BCUT2D eigenvalue weighted by atomic mass is 16.5. The number of pyridine rings is 1. The van der Waals surface area contributed by atoms with Gasteiger partial charge in [0.05, 0.1) is 6.04 Å². The Bertz CT molecular complexity index is 822. The number of benzene rings is 1. The molecule has 6 nitrogen and oxygen atoms in total. The van der Waals surface area contributed by atoms with Crippen molar-refractivity contribution in [3.8, 4) is 5.75 Å². The van der Waals surface area contributed by atoms with Crippen molar-refractivity contribution in [3.05, 3.63) is 40.8 Å². The molecule has 3 rings (SSSR count). The fourth-order valence-corrected chi connectivity index (χ4v) is 3.47. The van der Waals surface area contributed by atoms with E-state index in [2.05, 4.69) is 18.8 Å².